The molecule has 114 valence electrons. The SMILES string of the molecule is C=C1CCc2ccccc2-c2cc(OC)c(OC)c(OC)c21. The van der Waals surface area contributed by atoms with Gasteiger partial charge >= 0.3 is 0 Å². The summed E-state index contributed by atoms with van der Waals surface area (Å²) in [6, 6.07) is 10.5. The molecule has 0 aromatic heterocycles. The summed E-state index contributed by atoms with van der Waals surface area (Å²) in [5.41, 5.74) is 5.69. The maximum absolute atomic E-state index is 5.65. The van der Waals surface area contributed by atoms with Gasteiger partial charge in [-0.1, -0.05) is 30.8 Å². The first kappa shape index (κ1) is 14.5. The fourth-order valence-electron chi connectivity index (χ4n) is 3.13. The van der Waals surface area contributed by atoms with E-state index in [9.17, 15) is 0 Å². The van der Waals surface area contributed by atoms with Gasteiger partial charge in [0.25, 0.3) is 0 Å². The van der Waals surface area contributed by atoms with Crippen LogP contribution in [0.3, 0.4) is 0 Å². The molecule has 0 heterocycles. The van der Waals surface area contributed by atoms with Crippen LogP contribution in [0.1, 0.15) is 17.5 Å². The lowest BCUT2D eigenvalue weighted by molar-refractivity contribution is 0.324. The standard InChI is InChI=1S/C19H20O3/c1-12-9-10-13-7-5-6-8-14(13)15-11-16(20-2)18(21-3)19(22-4)17(12)15/h5-8,11H,1,9-10H2,2-4H3. The van der Waals surface area contributed by atoms with E-state index in [1.165, 1.54) is 11.1 Å². The molecule has 0 saturated carbocycles. The van der Waals surface area contributed by atoms with Crippen LogP contribution in [0.2, 0.25) is 0 Å². The molecule has 0 saturated heterocycles. The average molecular weight is 296 g/mol. The molecule has 0 radical (unpaired) electrons. The summed E-state index contributed by atoms with van der Waals surface area (Å²) in [6.45, 7) is 4.26. The van der Waals surface area contributed by atoms with E-state index >= 15 is 0 Å². The molecule has 22 heavy (non-hydrogen) atoms. The van der Waals surface area contributed by atoms with Gasteiger partial charge in [-0.05, 0) is 41.2 Å². The van der Waals surface area contributed by atoms with Crippen molar-refractivity contribution in [1.29, 1.82) is 0 Å². The zero-order valence-corrected chi connectivity index (χ0v) is 13.2. The van der Waals surface area contributed by atoms with Crippen molar-refractivity contribution in [1.82, 2.24) is 0 Å². The molecule has 2 aromatic carbocycles. The molecule has 0 spiro atoms. The molecule has 0 atom stereocenters. The molecule has 0 bridgehead atoms. The van der Waals surface area contributed by atoms with Gasteiger partial charge in [0.15, 0.2) is 11.5 Å². The van der Waals surface area contributed by atoms with Crippen LogP contribution in [0.25, 0.3) is 16.7 Å². The van der Waals surface area contributed by atoms with E-state index in [0.717, 1.165) is 29.5 Å². The number of aryl methyl sites for hydroxylation is 1. The maximum Gasteiger partial charge on any atom is 0.203 e. The number of rotatable bonds is 3. The Morgan fingerprint density at radius 3 is 2.27 bits per heavy atom. The van der Waals surface area contributed by atoms with Crippen LogP contribution in [0, 0.1) is 0 Å². The predicted octanol–water partition coefficient (Wildman–Crippen LogP) is 4.34. The number of methoxy groups -OCH3 is 3. The smallest absolute Gasteiger partial charge is 0.203 e. The molecule has 0 unspecified atom stereocenters. The first-order valence-corrected chi connectivity index (χ1v) is 7.30. The second-order valence-corrected chi connectivity index (χ2v) is 5.33. The Bertz CT molecular complexity index is 732. The van der Waals surface area contributed by atoms with E-state index in [2.05, 4.69) is 30.8 Å². The van der Waals surface area contributed by atoms with Crippen molar-refractivity contribution in [2.45, 2.75) is 12.8 Å². The summed E-state index contributed by atoms with van der Waals surface area (Å²) in [4.78, 5) is 0. The molecule has 0 amide bonds. The summed E-state index contributed by atoms with van der Waals surface area (Å²) < 4.78 is 16.7. The largest absolute Gasteiger partial charge is 0.493 e. The van der Waals surface area contributed by atoms with Crippen molar-refractivity contribution in [3.63, 3.8) is 0 Å². The summed E-state index contributed by atoms with van der Waals surface area (Å²) in [7, 11) is 4.92. The number of ether oxygens (including phenoxy) is 3. The van der Waals surface area contributed by atoms with Crippen LogP contribution in [0.4, 0.5) is 0 Å². The van der Waals surface area contributed by atoms with Gasteiger partial charge in [-0.3, -0.25) is 0 Å². The molecule has 1 aliphatic carbocycles. The molecular formula is C19H20O3. The summed E-state index contributed by atoms with van der Waals surface area (Å²) >= 11 is 0. The van der Waals surface area contributed by atoms with Gasteiger partial charge in [0.2, 0.25) is 5.75 Å². The Kier molecular flexibility index (Phi) is 3.80. The number of allylic oxidation sites excluding steroid dienone is 1. The second kappa shape index (κ2) is 5.76. The van der Waals surface area contributed by atoms with Gasteiger partial charge in [0.05, 0.1) is 21.3 Å². The third-order valence-corrected chi connectivity index (χ3v) is 4.19. The van der Waals surface area contributed by atoms with Crippen LogP contribution >= 0.6 is 0 Å². The summed E-state index contributed by atoms with van der Waals surface area (Å²) in [5, 5.41) is 0. The monoisotopic (exact) mass is 296 g/mol. The third-order valence-electron chi connectivity index (χ3n) is 4.19. The van der Waals surface area contributed by atoms with Crippen LogP contribution < -0.4 is 14.2 Å². The van der Waals surface area contributed by atoms with Gasteiger partial charge < -0.3 is 14.2 Å². The number of fused-ring (bicyclic) bond motifs is 3. The molecule has 3 rings (SSSR count). The first-order valence-electron chi connectivity index (χ1n) is 7.30. The third kappa shape index (κ3) is 2.13. The Labute approximate surface area is 131 Å². The minimum absolute atomic E-state index is 0.615. The molecule has 0 aliphatic heterocycles. The lowest BCUT2D eigenvalue weighted by Crippen LogP contribution is -2.00. The Morgan fingerprint density at radius 2 is 1.59 bits per heavy atom. The normalized spacial score (nSPS) is 13.0. The number of benzene rings is 2. The average Bonchev–Trinajstić information content (AvgIpc) is 2.70. The zero-order valence-electron chi connectivity index (χ0n) is 13.2. The van der Waals surface area contributed by atoms with Crippen LogP contribution in [-0.4, -0.2) is 21.3 Å². The maximum atomic E-state index is 5.65. The van der Waals surface area contributed by atoms with Crippen LogP contribution in [-0.2, 0) is 6.42 Å². The number of hydrogen-bond donors (Lipinski definition) is 0. The van der Waals surface area contributed by atoms with E-state index in [4.69, 9.17) is 14.2 Å². The summed E-state index contributed by atoms with van der Waals surface area (Å²) in [5.74, 6) is 1.98. The lowest BCUT2D eigenvalue weighted by Gasteiger charge is -2.20. The molecule has 0 fully saturated rings. The minimum atomic E-state index is 0.615. The Hall–Kier alpha value is -2.42. The highest BCUT2D eigenvalue weighted by Gasteiger charge is 2.26. The van der Waals surface area contributed by atoms with Crippen molar-refractivity contribution in [3.8, 4) is 28.4 Å². The fourth-order valence-corrected chi connectivity index (χ4v) is 3.13. The van der Waals surface area contributed by atoms with Crippen LogP contribution in [0.5, 0.6) is 17.2 Å². The van der Waals surface area contributed by atoms with Crippen molar-refractivity contribution < 1.29 is 14.2 Å². The van der Waals surface area contributed by atoms with Gasteiger partial charge in [-0.15, -0.1) is 0 Å². The van der Waals surface area contributed by atoms with Crippen molar-refractivity contribution in [2.24, 2.45) is 0 Å². The van der Waals surface area contributed by atoms with Crippen molar-refractivity contribution in [3.05, 3.63) is 48.0 Å². The van der Waals surface area contributed by atoms with E-state index in [1.54, 1.807) is 21.3 Å². The predicted molar refractivity (Wildman–Crippen MR) is 88.9 cm³/mol. The molecule has 3 nitrogen and oxygen atoms in total. The molecular weight excluding hydrogens is 276 g/mol. The second-order valence-electron chi connectivity index (χ2n) is 5.33. The first-order chi connectivity index (χ1) is 10.7. The van der Waals surface area contributed by atoms with E-state index in [1.807, 2.05) is 6.07 Å². The minimum Gasteiger partial charge on any atom is -0.493 e. The highest BCUT2D eigenvalue weighted by Crippen LogP contribution is 2.50. The van der Waals surface area contributed by atoms with E-state index in [-0.39, 0.29) is 0 Å². The Morgan fingerprint density at radius 1 is 0.864 bits per heavy atom. The lowest BCUT2D eigenvalue weighted by atomic mass is 9.94. The molecule has 1 aliphatic rings. The van der Waals surface area contributed by atoms with Crippen molar-refractivity contribution in [2.75, 3.05) is 21.3 Å². The van der Waals surface area contributed by atoms with Gasteiger partial charge in [0.1, 0.15) is 0 Å². The topological polar surface area (TPSA) is 27.7 Å². The van der Waals surface area contributed by atoms with E-state index in [0.29, 0.717) is 17.2 Å². The van der Waals surface area contributed by atoms with Crippen molar-refractivity contribution >= 4 is 5.57 Å². The molecule has 0 N–H and O–H groups in total. The Balaban J connectivity index is 2.40. The van der Waals surface area contributed by atoms with Gasteiger partial charge in [-0.25, -0.2) is 0 Å². The van der Waals surface area contributed by atoms with Gasteiger partial charge in [0, 0.05) is 5.56 Å². The molecule has 3 heteroatoms. The highest BCUT2D eigenvalue weighted by atomic mass is 16.5. The fraction of sp³-hybridized carbons (Fsp3) is 0.263. The zero-order chi connectivity index (χ0) is 15.7. The highest BCUT2D eigenvalue weighted by molar-refractivity contribution is 5.90. The van der Waals surface area contributed by atoms with Gasteiger partial charge in [-0.2, -0.15) is 0 Å². The quantitative estimate of drug-likeness (QED) is 0.843. The number of hydrogen-bond acceptors (Lipinski definition) is 3. The van der Waals surface area contributed by atoms with Crippen LogP contribution in [0.15, 0.2) is 36.9 Å². The van der Waals surface area contributed by atoms with E-state index < -0.39 is 0 Å². The summed E-state index contributed by atoms with van der Waals surface area (Å²) in [6.07, 6.45) is 1.87. The molecule has 2 aromatic rings.